The summed E-state index contributed by atoms with van der Waals surface area (Å²) in [6, 6.07) is 31.6. The lowest BCUT2D eigenvalue weighted by Gasteiger charge is -2.34. The van der Waals surface area contributed by atoms with Crippen LogP contribution in [0, 0.1) is 0 Å². The van der Waals surface area contributed by atoms with Gasteiger partial charge in [0, 0.05) is 62.6 Å². The maximum absolute atomic E-state index is 12.9. The summed E-state index contributed by atoms with van der Waals surface area (Å²) in [6.07, 6.45) is 9.20. The SMILES string of the molecule is CCCCn1c(SCCCCC(=O)N2CCN(CC=Cc3ccccc3)CC2)nc(-c2ccccc2)c1-c1ccccc1. The van der Waals surface area contributed by atoms with Crippen LogP contribution in [0.4, 0.5) is 0 Å². The minimum absolute atomic E-state index is 0.298. The molecular formula is C37H44N4OS. The first kappa shape index (κ1) is 30.8. The fraction of sp³-hybridized carbons (Fsp3) is 0.351. The summed E-state index contributed by atoms with van der Waals surface area (Å²) < 4.78 is 2.42. The van der Waals surface area contributed by atoms with Crippen LogP contribution in [-0.2, 0) is 11.3 Å². The average Bonchev–Trinajstić information content (AvgIpc) is 3.43. The first-order valence-electron chi connectivity index (χ1n) is 15.8. The van der Waals surface area contributed by atoms with Crippen molar-refractivity contribution in [2.45, 2.75) is 50.7 Å². The molecule has 43 heavy (non-hydrogen) atoms. The molecule has 5 nitrogen and oxygen atoms in total. The van der Waals surface area contributed by atoms with Gasteiger partial charge in [-0.05, 0) is 24.8 Å². The maximum atomic E-state index is 12.9. The maximum Gasteiger partial charge on any atom is 0.222 e. The Hall–Kier alpha value is -3.61. The standard InChI is InChI=1S/C37H44N4OS/c1-2-3-25-41-36(33-21-11-6-12-22-33)35(32-19-9-5-10-20-32)38-37(41)43-30-14-13-23-34(42)40-28-26-39(27-29-40)24-15-18-31-16-7-4-8-17-31/h4-12,15-22H,2-3,13-14,23-30H2,1H3. The Morgan fingerprint density at radius 2 is 1.47 bits per heavy atom. The van der Waals surface area contributed by atoms with Crippen molar-refractivity contribution in [3.63, 3.8) is 0 Å². The van der Waals surface area contributed by atoms with Crippen molar-refractivity contribution >= 4 is 23.7 Å². The summed E-state index contributed by atoms with van der Waals surface area (Å²) in [5.41, 5.74) is 5.83. The molecule has 5 rings (SSSR count). The van der Waals surface area contributed by atoms with E-state index in [0.717, 1.165) is 87.1 Å². The van der Waals surface area contributed by atoms with Crippen LogP contribution < -0.4 is 0 Å². The zero-order chi connectivity index (χ0) is 29.7. The quantitative estimate of drug-likeness (QED) is 0.109. The van der Waals surface area contributed by atoms with E-state index in [1.807, 2.05) is 17.8 Å². The lowest BCUT2D eigenvalue weighted by molar-refractivity contribution is -0.132. The van der Waals surface area contributed by atoms with Gasteiger partial charge in [0.2, 0.25) is 5.91 Å². The molecule has 0 saturated carbocycles. The van der Waals surface area contributed by atoms with Gasteiger partial charge in [-0.3, -0.25) is 9.69 Å². The largest absolute Gasteiger partial charge is 0.340 e. The number of thioether (sulfide) groups is 1. The van der Waals surface area contributed by atoms with Crippen molar-refractivity contribution in [2.24, 2.45) is 0 Å². The summed E-state index contributed by atoms with van der Waals surface area (Å²) >= 11 is 1.83. The van der Waals surface area contributed by atoms with Crippen LogP contribution in [0.1, 0.15) is 44.6 Å². The van der Waals surface area contributed by atoms with E-state index in [2.05, 4.69) is 118 Å². The zero-order valence-corrected chi connectivity index (χ0v) is 26.2. The van der Waals surface area contributed by atoms with E-state index in [1.165, 1.54) is 16.8 Å². The smallest absolute Gasteiger partial charge is 0.222 e. The predicted molar refractivity (Wildman–Crippen MR) is 181 cm³/mol. The van der Waals surface area contributed by atoms with Crippen molar-refractivity contribution in [3.05, 3.63) is 103 Å². The molecule has 224 valence electrons. The molecule has 1 fully saturated rings. The number of hydrogen-bond acceptors (Lipinski definition) is 4. The van der Waals surface area contributed by atoms with Crippen molar-refractivity contribution in [3.8, 4) is 22.5 Å². The Kier molecular flexibility index (Phi) is 11.7. The van der Waals surface area contributed by atoms with Gasteiger partial charge in [-0.1, -0.05) is 128 Å². The molecule has 1 amide bonds. The van der Waals surface area contributed by atoms with Crippen molar-refractivity contribution < 1.29 is 4.79 Å². The van der Waals surface area contributed by atoms with Crippen LogP contribution >= 0.6 is 11.8 Å². The molecule has 1 aromatic heterocycles. The highest BCUT2D eigenvalue weighted by atomic mass is 32.2. The molecule has 0 radical (unpaired) electrons. The van der Waals surface area contributed by atoms with E-state index >= 15 is 0 Å². The number of carbonyl (C=O) groups is 1. The summed E-state index contributed by atoms with van der Waals surface area (Å²) in [7, 11) is 0. The second kappa shape index (κ2) is 16.3. The number of benzene rings is 3. The van der Waals surface area contributed by atoms with Crippen LogP contribution in [0.5, 0.6) is 0 Å². The lowest BCUT2D eigenvalue weighted by atomic mass is 10.0. The predicted octanol–water partition coefficient (Wildman–Crippen LogP) is 8.14. The topological polar surface area (TPSA) is 41.4 Å². The van der Waals surface area contributed by atoms with Gasteiger partial charge >= 0.3 is 0 Å². The zero-order valence-electron chi connectivity index (χ0n) is 25.4. The highest BCUT2D eigenvalue weighted by molar-refractivity contribution is 7.99. The molecule has 0 atom stereocenters. The number of carbonyl (C=O) groups excluding carboxylic acids is 1. The van der Waals surface area contributed by atoms with Crippen LogP contribution in [-0.4, -0.2) is 63.7 Å². The van der Waals surface area contributed by atoms with E-state index in [-0.39, 0.29) is 0 Å². The van der Waals surface area contributed by atoms with Crippen LogP contribution in [0.3, 0.4) is 0 Å². The van der Waals surface area contributed by atoms with E-state index in [0.29, 0.717) is 12.3 Å². The molecule has 0 unspecified atom stereocenters. The summed E-state index contributed by atoms with van der Waals surface area (Å²) in [5, 5.41) is 1.08. The Labute approximate surface area is 261 Å². The highest BCUT2D eigenvalue weighted by Gasteiger charge is 2.21. The third-order valence-electron chi connectivity index (χ3n) is 7.98. The van der Waals surface area contributed by atoms with Gasteiger partial charge < -0.3 is 9.47 Å². The second-order valence-electron chi connectivity index (χ2n) is 11.1. The fourth-order valence-corrected chi connectivity index (χ4v) is 6.56. The van der Waals surface area contributed by atoms with Gasteiger partial charge in [-0.15, -0.1) is 0 Å². The molecule has 2 heterocycles. The molecule has 1 aliphatic heterocycles. The lowest BCUT2D eigenvalue weighted by Crippen LogP contribution is -2.48. The number of rotatable bonds is 14. The number of hydrogen-bond donors (Lipinski definition) is 0. The number of aromatic nitrogens is 2. The molecule has 0 spiro atoms. The van der Waals surface area contributed by atoms with Gasteiger partial charge in [0.15, 0.2) is 5.16 Å². The normalized spacial score (nSPS) is 14.0. The summed E-state index contributed by atoms with van der Waals surface area (Å²) in [4.78, 5) is 22.6. The second-order valence-corrected chi connectivity index (χ2v) is 12.2. The van der Waals surface area contributed by atoms with Crippen LogP contribution in [0.15, 0.2) is 102 Å². The van der Waals surface area contributed by atoms with E-state index in [1.54, 1.807) is 0 Å². The van der Waals surface area contributed by atoms with Gasteiger partial charge in [0.05, 0.1) is 11.4 Å². The minimum atomic E-state index is 0.298. The molecular weight excluding hydrogens is 549 g/mol. The molecule has 0 bridgehead atoms. The fourth-order valence-electron chi connectivity index (χ4n) is 5.53. The third-order valence-corrected chi connectivity index (χ3v) is 9.04. The molecule has 0 N–H and O–H groups in total. The molecule has 1 aliphatic rings. The average molecular weight is 593 g/mol. The molecule has 3 aromatic carbocycles. The Bertz CT molecular complexity index is 1430. The van der Waals surface area contributed by atoms with Crippen LogP contribution in [0.25, 0.3) is 28.6 Å². The first-order chi connectivity index (χ1) is 21.2. The molecule has 6 heteroatoms. The van der Waals surface area contributed by atoms with E-state index in [4.69, 9.17) is 4.98 Å². The number of amides is 1. The number of piperazine rings is 1. The highest BCUT2D eigenvalue weighted by Crippen LogP contribution is 2.36. The number of nitrogens with zero attached hydrogens (tertiary/aromatic N) is 4. The van der Waals surface area contributed by atoms with E-state index < -0.39 is 0 Å². The summed E-state index contributed by atoms with van der Waals surface area (Å²) in [6.45, 7) is 7.65. The van der Waals surface area contributed by atoms with Crippen molar-refractivity contribution in [2.75, 3.05) is 38.5 Å². The monoisotopic (exact) mass is 592 g/mol. The third kappa shape index (κ3) is 8.71. The van der Waals surface area contributed by atoms with Crippen molar-refractivity contribution in [1.82, 2.24) is 19.4 Å². The number of imidazole rings is 1. The summed E-state index contributed by atoms with van der Waals surface area (Å²) in [5.74, 6) is 1.26. The molecule has 4 aromatic rings. The van der Waals surface area contributed by atoms with Crippen LogP contribution in [0.2, 0.25) is 0 Å². The molecule has 1 saturated heterocycles. The van der Waals surface area contributed by atoms with Crippen molar-refractivity contribution in [1.29, 1.82) is 0 Å². The van der Waals surface area contributed by atoms with E-state index in [9.17, 15) is 4.79 Å². The first-order valence-corrected chi connectivity index (χ1v) is 16.8. The Morgan fingerprint density at radius 1 is 0.814 bits per heavy atom. The minimum Gasteiger partial charge on any atom is -0.340 e. The van der Waals surface area contributed by atoms with Gasteiger partial charge in [-0.2, -0.15) is 0 Å². The molecule has 0 aliphatic carbocycles. The Morgan fingerprint density at radius 3 is 2.14 bits per heavy atom. The Balaban J connectivity index is 1.12. The van der Waals surface area contributed by atoms with Gasteiger partial charge in [0.1, 0.15) is 0 Å². The van der Waals surface area contributed by atoms with Gasteiger partial charge in [0.25, 0.3) is 0 Å². The van der Waals surface area contributed by atoms with Gasteiger partial charge in [-0.25, -0.2) is 4.98 Å². The number of unbranched alkanes of at least 4 members (excludes halogenated alkanes) is 2.